The first-order valence-corrected chi connectivity index (χ1v) is 8.19. The van der Waals surface area contributed by atoms with E-state index >= 15 is 0 Å². The molecule has 25 heavy (non-hydrogen) atoms. The van der Waals surface area contributed by atoms with Crippen LogP contribution in [0.1, 0.15) is 39.2 Å². The quantitative estimate of drug-likeness (QED) is 0.616. The zero-order valence-electron chi connectivity index (χ0n) is 14.7. The SMILES string of the molecule is CC(C)(C)OC(=O)[C@H](CCC(=O)O)Cc1cn(C=O)c2ccccc12. The minimum Gasteiger partial charge on any atom is -0.481 e. The van der Waals surface area contributed by atoms with E-state index in [0.29, 0.717) is 12.8 Å². The number of carbonyl (C=O) groups excluding carboxylic acids is 2. The van der Waals surface area contributed by atoms with E-state index in [1.807, 2.05) is 24.3 Å². The maximum atomic E-state index is 12.5. The largest absolute Gasteiger partial charge is 0.481 e. The van der Waals surface area contributed by atoms with Crippen molar-refractivity contribution < 1.29 is 24.2 Å². The second-order valence-electron chi connectivity index (χ2n) is 7.05. The highest BCUT2D eigenvalue weighted by molar-refractivity contribution is 5.89. The third kappa shape index (κ3) is 4.92. The summed E-state index contributed by atoms with van der Waals surface area (Å²) >= 11 is 0. The highest BCUT2D eigenvalue weighted by atomic mass is 16.6. The minimum absolute atomic E-state index is 0.115. The van der Waals surface area contributed by atoms with Crippen LogP contribution in [-0.4, -0.2) is 33.6 Å². The van der Waals surface area contributed by atoms with Crippen molar-refractivity contribution in [2.75, 3.05) is 0 Å². The molecule has 0 aliphatic heterocycles. The van der Waals surface area contributed by atoms with Gasteiger partial charge in [0.2, 0.25) is 6.41 Å². The van der Waals surface area contributed by atoms with Crippen molar-refractivity contribution in [2.45, 2.75) is 45.6 Å². The molecule has 6 nitrogen and oxygen atoms in total. The fourth-order valence-electron chi connectivity index (χ4n) is 2.78. The van der Waals surface area contributed by atoms with E-state index in [0.717, 1.165) is 16.5 Å². The van der Waals surface area contributed by atoms with Gasteiger partial charge in [-0.15, -0.1) is 0 Å². The Morgan fingerprint density at radius 1 is 1.28 bits per heavy atom. The summed E-state index contributed by atoms with van der Waals surface area (Å²) in [6.45, 7) is 5.33. The molecule has 0 aliphatic rings. The fourth-order valence-corrected chi connectivity index (χ4v) is 2.78. The molecule has 2 rings (SSSR count). The number of hydrogen-bond donors (Lipinski definition) is 1. The fraction of sp³-hybridized carbons (Fsp3) is 0.421. The van der Waals surface area contributed by atoms with Gasteiger partial charge in [0.05, 0.1) is 11.4 Å². The van der Waals surface area contributed by atoms with Crippen molar-refractivity contribution in [1.82, 2.24) is 4.57 Å². The number of benzene rings is 1. The number of esters is 1. The highest BCUT2D eigenvalue weighted by Crippen LogP contribution is 2.26. The number of aromatic nitrogens is 1. The molecule has 1 atom stereocenters. The third-order valence-corrected chi connectivity index (χ3v) is 3.85. The smallest absolute Gasteiger partial charge is 0.309 e. The van der Waals surface area contributed by atoms with Crippen LogP contribution in [0.25, 0.3) is 10.9 Å². The van der Waals surface area contributed by atoms with Gasteiger partial charge in [-0.05, 0) is 45.2 Å². The number of carbonyl (C=O) groups is 3. The van der Waals surface area contributed by atoms with E-state index in [9.17, 15) is 14.4 Å². The molecule has 1 aromatic carbocycles. The first kappa shape index (κ1) is 18.7. The zero-order chi connectivity index (χ0) is 18.6. The highest BCUT2D eigenvalue weighted by Gasteiger charge is 2.27. The summed E-state index contributed by atoms with van der Waals surface area (Å²) in [5.74, 6) is -1.96. The monoisotopic (exact) mass is 345 g/mol. The van der Waals surface area contributed by atoms with Crippen molar-refractivity contribution in [3.05, 3.63) is 36.0 Å². The Labute approximate surface area is 146 Å². The van der Waals surface area contributed by atoms with Crippen LogP contribution in [0.5, 0.6) is 0 Å². The normalized spacial score (nSPS) is 12.8. The molecule has 0 radical (unpaired) electrons. The van der Waals surface area contributed by atoms with Crippen molar-refractivity contribution >= 4 is 29.3 Å². The van der Waals surface area contributed by atoms with Gasteiger partial charge in [-0.3, -0.25) is 19.0 Å². The molecule has 0 saturated carbocycles. The van der Waals surface area contributed by atoms with E-state index in [1.54, 1.807) is 27.0 Å². The summed E-state index contributed by atoms with van der Waals surface area (Å²) in [4.78, 5) is 34.7. The molecule has 6 heteroatoms. The Bertz CT molecular complexity index is 785. The van der Waals surface area contributed by atoms with Crippen molar-refractivity contribution in [1.29, 1.82) is 0 Å². The van der Waals surface area contributed by atoms with E-state index < -0.39 is 23.5 Å². The lowest BCUT2D eigenvalue weighted by Gasteiger charge is -2.23. The van der Waals surface area contributed by atoms with Gasteiger partial charge >= 0.3 is 11.9 Å². The lowest BCUT2D eigenvalue weighted by atomic mass is 9.94. The van der Waals surface area contributed by atoms with Crippen LogP contribution in [0.3, 0.4) is 0 Å². The Hall–Kier alpha value is -2.63. The molecule has 1 heterocycles. The predicted octanol–water partition coefficient (Wildman–Crippen LogP) is 3.04. The molecule has 0 aliphatic carbocycles. The predicted molar refractivity (Wildman–Crippen MR) is 94.0 cm³/mol. The molecule has 0 spiro atoms. The van der Waals surface area contributed by atoms with Gasteiger partial charge < -0.3 is 9.84 Å². The second kappa shape index (κ2) is 7.51. The van der Waals surface area contributed by atoms with Gasteiger partial charge in [-0.25, -0.2) is 0 Å². The topological polar surface area (TPSA) is 85.6 Å². The number of carboxylic acids is 1. The standard InChI is InChI=1S/C19H23NO5/c1-19(2,3)25-18(24)13(8-9-17(22)23)10-14-11-20(12-21)16-7-5-4-6-15(14)16/h4-7,11-13H,8-10H2,1-3H3,(H,22,23)/t13-/m1/s1. The van der Waals surface area contributed by atoms with E-state index in [2.05, 4.69) is 0 Å². The number of carboxylic acid groups (broad SMARTS) is 1. The van der Waals surface area contributed by atoms with Crippen molar-refractivity contribution in [3.8, 4) is 0 Å². The van der Waals surface area contributed by atoms with Gasteiger partial charge in [0.1, 0.15) is 5.60 Å². The van der Waals surface area contributed by atoms with Crippen LogP contribution in [0.4, 0.5) is 0 Å². The van der Waals surface area contributed by atoms with Crippen LogP contribution in [0.15, 0.2) is 30.5 Å². The molecular formula is C19H23NO5. The summed E-state index contributed by atoms with van der Waals surface area (Å²) in [6, 6.07) is 7.41. The number of ether oxygens (including phenoxy) is 1. The summed E-state index contributed by atoms with van der Waals surface area (Å²) in [6.07, 6.45) is 2.80. The number of para-hydroxylation sites is 1. The number of rotatable bonds is 7. The molecule has 0 fully saturated rings. The van der Waals surface area contributed by atoms with E-state index in [1.165, 1.54) is 4.57 Å². The lowest BCUT2D eigenvalue weighted by molar-refractivity contribution is -0.160. The van der Waals surface area contributed by atoms with Crippen LogP contribution < -0.4 is 0 Å². The van der Waals surface area contributed by atoms with Crippen LogP contribution in [0.2, 0.25) is 0 Å². The molecular weight excluding hydrogens is 322 g/mol. The van der Waals surface area contributed by atoms with Crippen molar-refractivity contribution in [2.24, 2.45) is 5.92 Å². The van der Waals surface area contributed by atoms with Gasteiger partial charge in [-0.2, -0.15) is 0 Å². The van der Waals surface area contributed by atoms with Gasteiger partial charge in [0.15, 0.2) is 0 Å². The molecule has 134 valence electrons. The average molecular weight is 345 g/mol. The maximum Gasteiger partial charge on any atom is 0.309 e. The zero-order valence-corrected chi connectivity index (χ0v) is 14.7. The summed E-state index contributed by atoms with van der Waals surface area (Å²) in [5, 5.41) is 9.83. The Morgan fingerprint density at radius 3 is 2.56 bits per heavy atom. The first-order valence-electron chi connectivity index (χ1n) is 8.19. The molecule has 0 bridgehead atoms. The first-order chi connectivity index (χ1) is 11.7. The summed E-state index contributed by atoms with van der Waals surface area (Å²) in [5.41, 5.74) is 0.938. The molecule has 2 aromatic rings. The maximum absolute atomic E-state index is 12.5. The molecule has 0 saturated heterocycles. The van der Waals surface area contributed by atoms with E-state index in [-0.39, 0.29) is 12.8 Å². The molecule has 0 unspecified atom stereocenters. The summed E-state index contributed by atoms with van der Waals surface area (Å²) < 4.78 is 6.91. The van der Waals surface area contributed by atoms with Crippen molar-refractivity contribution in [3.63, 3.8) is 0 Å². The average Bonchev–Trinajstić information content (AvgIpc) is 2.87. The number of nitrogens with zero attached hydrogens (tertiary/aromatic N) is 1. The Balaban J connectivity index is 2.31. The number of fused-ring (bicyclic) bond motifs is 1. The summed E-state index contributed by atoms with van der Waals surface area (Å²) in [7, 11) is 0. The van der Waals surface area contributed by atoms with Gasteiger partial charge in [0.25, 0.3) is 0 Å². The molecule has 0 amide bonds. The van der Waals surface area contributed by atoms with Crippen LogP contribution in [0, 0.1) is 5.92 Å². The Kier molecular flexibility index (Phi) is 5.62. The Morgan fingerprint density at radius 2 is 1.96 bits per heavy atom. The molecule has 1 N–H and O–H groups in total. The third-order valence-electron chi connectivity index (χ3n) is 3.85. The number of hydrogen-bond acceptors (Lipinski definition) is 4. The molecule has 1 aromatic heterocycles. The lowest BCUT2D eigenvalue weighted by Crippen LogP contribution is -2.30. The van der Waals surface area contributed by atoms with Crippen LogP contribution in [-0.2, 0) is 25.5 Å². The number of aliphatic carboxylic acids is 1. The minimum atomic E-state index is -0.955. The van der Waals surface area contributed by atoms with Gasteiger partial charge in [-0.1, -0.05) is 18.2 Å². The second-order valence-corrected chi connectivity index (χ2v) is 7.05. The van der Waals surface area contributed by atoms with Crippen LogP contribution >= 0.6 is 0 Å². The van der Waals surface area contributed by atoms with Gasteiger partial charge in [0, 0.05) is 18.0 Å². The van der Waals surface area contributed by atoms with E-state index in [4.69, 9.17) is 9.84 Å².